The molecule has 5 nitrogen and oxygen atoms in total. The van der Waals surface area contributed by atoms with Crippen molar-refractivity contribution in [2.24, 2.45) is 5.10 Å². The zero-order valence-corrected chi connectivity index (χ0v) is 12.2. The zero-order valence-electron chi connectivity index (χ0n) is 10.6. The van der Waals surface area contributed by atoms with Crippen molar-refractivity contribution in [3.05, 3.63) is 58.5 Å². The zero-order chi connectivity index (χ0) is 14.1. The van der Waals surface area contributed by atoms with Crippen LogP contribution in [0, 0.1) is 0 Å². The maximum atomic E-state index is 11.7. The van der Waals surface area contributed by atoms with E-state index in [1.54, 1.807) is 12.1 Å². The van der Waals surface area contributed by atoms with Gasteiger partial charge in [-0.2, -0.15) is 5.01 Å². The van der Waals surface area contributed by atoms with E-state index >= 15 is 0 Å². The molecule has 6 heteroatoms. The van der Waals surface area contributed by atoms with Crippen LogP contribution in [0.3, 0.4) is 0 Å². The molecular weight excluding hydrogens is 324 g/mol. The minimum Gasteiger partial charge on any atom is -0.463 e. The molecule has 1 aromatic heterocycles. The van der Waals surface area contributed by atoms with Gasteiger partial charge in [-0.05, 0) is 30.3 Å². The van der Waals surface area contributed by atoms with E-state index in [-0.39, 0.29) is 5.91 Å². The molecule has 0 saturated carbocycles. The molecule has 20 heavy (non-hydrogen) atoms. The third-order valence-electron chi connectivity index (χ3n) is 2.82. The van der Waals surface area contributed by atoms with E-state index in [9.17, 15) is 4.79 Å². The van der Waals surface area contributed by atoms with E-state index in [0.29, 0.717) is 11.7 Å². The Morgan fingerprint density at radius 3 is 2.85 bits per heavy atom. The second kappa shape index (κ2) is 5.13. The fourth-order valence-electron chi connectivity index (χ4n) is 1.92. The fourth-order valence-corrected chi connectivity index (χ4v) is 2.32. The maximum absolute atomic E-state index is 11.7. The lowest BCUT2D eigenvalue weighted by atomic mass is 10.2. The van der Waals surface area contributed by atoms with Crippen LogP contribution in [-0.2, 0) is 9.53 Å². The van der Waals surface area contributed by atoms with Crippen molar-refractivity contribution < 1.29 is 13.9 Å². The Bertz CT molecular complexity index is 667. The van der Waals surface area contributed by atoms with Gasteiger partial charge in [0.15, 0.2) is 5.76 Å². The summed E-state index contributed by atoms with van der Waals surface area (Å²) in [6.45, 7) is 1.44. The smallest absolute Gasteiger partial charge is 0.254 e. The summed E-state index contributed by atoms with van der Waals surface area (Å²) in [5, 5.41) is 5.51. The molecule has 0 saturated heterocycles. The molecule has 0 aliphatic carbocycles. The van der Waals surface area contributed by atoms with Gasteiger partial charge in [0, 0.05) is 17.0 Å². The van der Waals surface area contributed by atoms with E-state index in [4.69, 9.17) is 9.15 Å². The number of benzene rings is 1. The number of ether oxygens (including phenoxy) is 1. The number of halogens is 1. The first-order valence-corrected chi connectivity index (χ1v) is 6.79. The third-order valence-corrected chi connectivity index (χ3v) is 3.32. The van der Waals surface area contributed by atoms with Gasteiger partial charge in [0.25, 0.3) is 6.23 Å². The van der Waals surface area contributed by atoms with Gasteiger partial charge < -0.3 is 9.15 Å². The van der Waals surface area contributed by atoms with Gasteiger partial charge in [-0.3, -0.25) is 4.79 Å². The Labute approximate surface area is 124 Å². The Morgan fingerprint density at radius 2 is 2.20 bits per heavy atom. The molecule has 1 aromatic carbocycles. The van der Waals surface area contributed by atoms with Crippen LogP contribution in [0.4, 0.5) is 0 Å². The quantitative estimate of drug-likeness (QED) is 0.846. The standard InChI is InChI=1S/C14H11BrN2O3/c1-9(18)17-14(12-6-3-7-19-12)20-13(16-17)10-4-2-5-11(15)8-10/h2-8,14H,1H3. The molecule has 2 aromatic rings. The van der Waals surface area contributed by atoms with E-state index in [0.717, 1.165) is 10.0 Å². The molecule has 2 heterocycles. The molecule has 102 valence electrons. The Kier molecular flexibility index (Phi) is 3.31. The van der Waals surface area contributed by atoms with E-state index in [1.807, 2.05) is 24.3 Å². The highest BCUT2D eigenvalue weighted by atomic mass is 79.9. The van der Waals surface area contributed by atoms with Gasteiger partial charge in [-0.1, -0.05) is 22.0 Å². The van der Waals surface area contributed by atoms with Crippen LogP contribution < -0.4 is 0 Å². The minimum absolute atomic E-state index is 0.212. The molecule has 0 spiro atoms. The summed E-state index contributed by atoms with van der Waals surface area (Å²) in [4.78, 5) is 11.7. The Balaban J connectivity index is 1.95. The van der Waals surface area contributed by atoms with Gasteiger partial charge in [0.2, 0.25) is 11.8 Å². The van der Waals surface area contributed by atoms with Crippen LogP contribution in [0.2, 0.25) is 0 Å². The van der Waals surface area contributed by atoms with Crippen LogP contribution >= 0.6 is 15.9 Å². The average molecular weight is 335 g/mol. The lowest BCUT2D eigenvalue weighted by molar-refractivity contribution is -0.136. The van der Waals surface area contributed by atoms with Crippen molar-refractivity contribution in [1.82, 2.24) is 5.01 Å². The van der Waals surface area contributed by atoms with Crippen LogP contribution in [0.5, 0.6) is 0 Å². The number of hydrazone groups is 1. The minimum atomic E-state index is -0.656. The normalized spacial score (nSPS) is 17.8. The summed E-state index contributed by atoms with van der Waals surface area (Å²) in [6.07, 6.45) is 0.880. The second-order valence-corrected chi connectivity index (χ2v) is 5.18. The molecule has 1 aliphatic heterocycles. The topological polar surface area (TPSA) is 55.0 Å². The van der Waals surface area contributed by atoms with Gasteiger partial charge in [-0.15, -0.1) is 5.10 Å². The monoisotopic (exact) mass is 334 g/mol. The van der Waals surface area contributed by atoms with Crippen molar-refractivity contribution in [1.29, 1.82) is 0 Å². The Hall–Kier alpha value is -2.08. The van der Waals surface area contributed by atoms with Crippen molar-refractivity contribution in [2.45, 2.75) is 13.2 Å². The number of nitrogens with zero attached hydrogens (tertiary/aromatic N) is 2. The number of rotatable bonds is 2. The third kappa shape index (κ3) is 2.34. The van der Waals surface area contributed by atoms with Crippen molar-refractivity contribution in [2.75, 3.05) is 0 Å². The largest absolute Gasteiger partial charge is 0.463 e. The highest BCUT2D eigenvalue weighted by Crippen LogP contribution is 2.30. The molecule has 1 atom stereocenters. The predicted molar refractivity (Wildman–Crippen MR) is 75.7 cm³/mol. The average Bonchev–Trinajstić information content (AvgIpc) is 3.08. The molecule has 1 aliphatic rings. The second-order valence-electron chi connectivity index (χ2n) is 4.26. The highest BCUT2D eigenvalue weighted by Gasteiger charge is 2.34. The molecule has 0 radical (unpaired) electrons. The first-order chi connectivity index (χ1) is 9.65. The molecule has 0 bridgehead atoms. The molecule has 1 unspecified atom stereocenters. The van der Waals surface area contributed by atoms with Gasteiger partial charge in [0.1, 0.15) is 0 Å². The summed E-state index contributed by atoms with van der Waals surface area (Å²) in [5.74, 6) is 0.716. The Morgan fingerprint density at radius 1 is 1.35 bits per heavy atom. The summed E-state index contributed by atoms with van der Waals surface area (Å²) in [7, 11) is 0. The van der Waals surface area contributed by atoms with Crippen molar-refractivity contribution in [3.8, 4) is 0 Å². The maximum Gasteiger partial charge on any atom is 0.254 e. The molecular formula is C14H11BrN2O3. The predicted octanol–water partition coefficient (Wildman–Crippen LogP) is 3.28. The van der Waals surface area contributed by atoms with Crippen LogP contribution in [-0.4, -0.2) is 16.8 Å². The number of carbonyl (C=O) groups excluding carboxylic acids is 1. The lowest BCUT2D eigenvalue weighted by Crippen LogP contribution is -2.24. The summed E-state index contributed by atoms with van der Waals surface area (Å²) < 4.78 is 12.0. The van der Waals surface area contributed by atoms with Crippen molar-refractivity contribution >= 4 is 27.7 Å². The highest BCUT2D eigenvalue weighted by molar-refractivity contribution is 9.10. The molecule has 1 amide bonds. The van der Waals surface area contributed by atoms with Gasteiger partial charge in [0.05, 0.1) is 6.26 Å². The van der Waals surface area contributed by atoms with Gasteiger partial charge >= 0.3 is 0 Å². The summed E-state index contributed by atoms with van der Waals surface area (Å²) >= 11 is 3.40. The first-order valence-electron chi connectivity index (χ1n) is 5.99. The SMILES string of the molecule is CC(=O)N1N=C(c2cccc(Br)c2)OC1c1ccco1. The molecule has 3 rings (SSSR count). The van der Waals surface area contributed by atoms with E-state index in [2.05, 4.69) is 21.0 Å². The number of carbonyl (C=O) groups is 1. The van der Waals surface area contributed by atoms with Crippen LogP contribution in [0.15, 0.2) is 56.7 Å². The molecule has 0 N–H and O–H groups in total. The van der Waals surface area contributed by atoms with Crippen LogP contribution in [0.1, 0.15) is 24.5 Å². The number of hydrogen-bond acceptors (Lipinski definition) is 4. The van der Waals surface area contributed by atoms with Crippen molar-refractivity contribution in [3.63, 3.8) is 0 Å². The number of furan rings is 1. The molecule has 0 fully saturated rings. The first kappa shape index (κ1) is 12.9. The van der Waals surface area contributed by atoms with E-state index in [1.165, 1.54) is 18.2 Å². The summed E-state index contributed by atoms with van der Waals surface area (Å²) in [6, 6.07) is 11.0. The number of amides is 1. The van der Waals surface area contributed by atoms with Crippen LogP contribution in [0.25, 0.3) is 0 Å². The number of hydrogen-bond donors (Lipinski definition) is 0. The summed E-state index contributed by atoms with van der Waals surface area (Å²) in [5.41, 5.74) is 0.791. The van der Waals surface area contributed by atoms with Gasteiger partial charge in [-0.25, -0.2) is 0 Å². The lowest BCUT2D eigenvalue weighted by Gasteiger charge is -2.16. The fraction of sp³-hybridized carbons (Fsp3) is 0.143. The van der Waals surface area contributed by atoms with E-state index < -0.39 is 6.23 Å².